The molecule has 0 unspecified atom stereocenters. The number of aromatic amines is 1. The van der Waals surface area contributed by atoms with E-state index >= 15 is 0 Å². The number of benzene rings is 1. The van der Waals surface area contributed by atoms with Gasteiger partial charge in [0.2, 0.25) is 0 Å². The van der Waals surface area contributed by atoms with Gasteiger partial charge in [-0.15, -0.1) is 0 Å². The fraction of sp³-hybridized carbons (Fsp3) is 0.350. The van der Waals surface area contributed by atoms with Gasteiger partial charge in [0.1, 0.15) is 11.6 Å². The lowest BCUT2D eigenvalue weighted by Crippen LogP contribution is -2.40. The average molecular weight is 386 g/mol. The molecule has 8 nitrogen and oxygen atoms in total. The topological polar surface area (TPSA) is 110 Å². The first kappa shape index (κ1) is 21.0. The molecule has 1 heterocycles. The number of nitrogen functional groups attached to an aromatic ring is 1. The molecule has 3 N–H and O–H groups in total. The van der Waals surface area contributed by atoms with Crippen LogP contribution in [0.1, 0.15) is 32.3 Å². The number of likely N-dealkylation sites (N-methyl/N-ethyl adjacent to an activating group) is 1. The number of anilines is 2. The van der Waals surface area contributed by atoms with Crippen molar-refractivity contribution in [3.8, 4) is 5.75 Å². The SMILES string of the molecule is CCCCn1c(N)c(N(CC)C(=O)/C=C/c2ccc(OC)cc2)c(=O)[nH]c1=O. The molecule has 2 rings (SSSR count). The molecule has 0 saturated heterocycles. The highest BCUT2D eigenvalue weighted by atomic mass is 16.5. The second-order valence-corrected chi connectivity index (χ2v) is 6.19. The first-order chi connectivity index (χ1) is 13.4. The van der Waals surface area contributed by atoms with Gasteiger partial charge in [-0.3, -0.25) is 19.1 Å². The zero-order valence-corrected chi connectivity index (χ0v) is 16.4. The number of hydrogen-bond donors (Lipinski definition) is 2. The smallest absolute Gasteiger partial charge is 0.330 e. The van der Waals surface area contributed by atoms with Gasteiger partial charge in [0.25, 0.3) is 11.5 Å². The van der Waals surface area contributed by atoms with Crippen molar-refractivity contribution in [2.45, 2.75) is 33.2 Å². The average Bonchev–Trinajstić information content (AvgIpc) is 2.69. The lowest BCUT2D eigenvalue weighted by Gasteiger charge is -2.21. The van der Waals surface area contributed by atoms with Crippen LogP contribution in [0, 0.1) is 0 Å². The van der Waals surface area contributed by atoms with E-state index in [1.54, 1.807) is 32.2 Å². The number of nitrogens with two attached hydrogens (primary N) is 1. The van der Waals surface area contributed by atoms with Crippen molar-refractivity contribution < 1.29 is 9.53 Å². The third-order valence-corrected chi connectivity index (χ3v) is 4.34. The van der Waals surface area contributed by atoms with E-state index in [0.29, 0.717) is 12.3 Å². The van der Waals surface area contributed by atoms with Gasteiger partial charge in [0, 0.05) is 19.2 Å². The van der Waals surface area contributed by atoms with E-state index in [4.69, 9.17) is 10.5 Å². The van der Waals surface area contributed by atoms with Crippen LogP contribution in [0.15, 0.2) is 39.9 Å². The molecule has 0 saturated carbocycles. The minimum atomic E-state index is -0.678. The van der Waals surface area contributed by atoms with Gasteiger partial charge in [-0.25, -0.2) is 4.79 Å². The molecule has 0 aliphatic carbocycles. The number of unbranched alkanes of at least 4 members (excludes halogenated alkanes) is 1. The standard InChI is InChI=1S/C20H26N4O4/c1-4-6-13-24-18(21)17(19(26)22-20(24)27)23(5-2)16(25)12-9-14-7-10-15(28-3)11-8-14/h7-12H,4-6,13,21H2,1-3H3,(H,22,26,27)/b12-9+. The predicted octanol–water partition coefficient (Wildman–Crippen LogP) is 1.99. The highest BCUT2D eigenvalue weighted by molar-refractivity contribution is 6.05. The molecule has 28 heavy (non-hydrogen) atoms. The van der Waals surface area contributed by atoms with Crippen LogP contribution in [-0.4, -0.2) is 29.1 Å². The Bertz CT molecular complexity index is 958. The molecule has 0 aliphatic heterocycles. The normalized spacial score (nSPS) is 11.0. The molecule has 0 fully saturated rings. The fourth-order valence-electron chi connectivity index (χ4n) is 2.77. The Morgan fingerprint density at radius 1 is 1.25 bits per heavy atom. The zero-order chi connectivity index (χ0) is 20.7. The zero-order valence-electron chi connectivity index (χ0n) is 16.4. The Morgan fingerprint density at radius 3 is 2.50 bits per heavy atom. The molecule has 2 aromatic rings. The number of H-pyrrole nitrogens is 1. The number of methoxy groups -OCH3 is 1. The Morgan fingerprint density at radius 2 is 1.93 bits per heavy atom. The second kappa shape index (κ2) is 9.59. The van der Waals surface area contributed by atoms with Gasteiger partial charge in [0.15, 0.2) is 5.69 Å². The molecule has 150 valence electrons. The summed E-state index contributed by atoms with van der Waals surface area (Å²) in [5.74, 6) is 0.304. The number of amides is 1. The molecule has 0 bridgehead atoms. The minimum Gasteiger partial charge on any atom is -0.497 e. The number of aromatic nitrogens is 2. The molecule has 1 aromatic heterocycles. The summed E-state index contributed by atoms with van der Waals surface area (Å²) < 4.78 is 6.40. The first-order valence-corrected chi connectivity index (χ1v) is 9.19. The van der Waals surface area contributed by atoms with Gasteiger partial charge in [-0.2, -0.15) is 0 Å². The van der Waals surface area contributed by atoms with Crippen LogP contribution in [-0.2, 0) is 11.3 Å². The van der Waals surface area contributed by atoms with Gasteiger partial charge >= 0.3 is 5.69 Å². The van der Waals surface area contributed by atoms with Crippen LogP contribution in [0.4, 0.5) is 11.5 Å². The van der Waals surface area contributed by atoms with Crippen molar-refractivity contribution in [3.63, 3.8) is 0 Å². The van der Waals surface area contributed by atoms with Crippen LogP contribution < -0.4 is 26.6 Å². The van der Waals surface area contributed by atoms with Crippen molar-refractivity contribution in [2.24, 2.45) is 0 Å². The van der Waals surface area contributed by atoms with Crippen LogP contribution >= 0.6 is 0 Å². The van der Waals surface area contributed by atoms with E-state index in [1.807, 2.05) is 19.1 Å². The summed E-state index contributed by atoms with van der Waals surface area (Å²) in [5, 5.41) is 0. The Kier molecular flexibility index (Phi) is 7.20. The number of nitrogens with one attached hydrogen (secondary N) is 1. The molecule has 1 aromatic carbocycles. The van der Waals surface area contributed by atoms with E-state index in [0.717, 1.165) is 18.4 Å². The predicted molar refractivity (Wildman–Crippen MR) is 111 cm³/mol. The number of carbonyl (C=O) groups excluding carboxylic acids is 1. The molecule has 0 spiro atoms. The van der Waals surface area contributed by atoms with Crippen molar-refractivity contribution in [1.29, 1.82) is 0 Å². The maximum absolute atomic E-state index is 12.7. The molecule has 0 aliphatic rings. The minimum absolute atomic E-state index is 0.00440. The number of nitrogens with zero attached hydrogens (tertiary/aromatic N) is 2. The van der Waals surface area contributed by atoms with E-state index < -0.39 is 17.2 Å². The number of rotatable bonds is 8. The number of hydrogen-bond acceptors (Lipinski definition) is 5. The highest BCUT2D eigenvalue weighted by Gasteiger charge is 2.21. The summed E-state index contributed by atoms with van der Waals surface area (Å²) in [6.07, 6.45) is 4.60. The maximum atomic E-state index is 12.7. The molecule has 8 heteroatoms. The number of carbonyl (C=O) groups is 1. The molecule has 1 amide bonds. The Hall–Kier alpha value is -3.29. The van der Waals surface area contributed by atoms with E-state index in [2.05, 4.69) is 4.98 Å². The lowest BCUT2D eigenvalue weighted by molar-refractivity contribution is -0.114. The summed E-state index contributed by atoms with van der Waals surface area (Å²) in [4.78, 5) is 40.6. The van der Waals surface area contributed by atoms with Crippen molar-refractivity contribution in [2.75, 3.05) is 24.3 Å². The fourth-order valence-corrected chi connectivity index (χ4v) is 2.77. The quantitative estimate of drug-likeness (QED) is 0.674. The van der Waals surface area contributed by atoms with Gasteiger partial charge < -0.3 is 15.4 Å². The largest absolute Gasteiger partial charge is 0.497 e. The molecule has 0 radical (unpaired) electrons. The summed E-state index contributed by atoms with van der Waals surface area (Å²) >= 11 is 0. The Balaban J connectivity index is 2.35. The van der Waals surface area contributed by atoms with Crippen molar-refractivity contribution in [1.82, 2.24) is 9.55 Å². The summed E-state index contributed by atoms with van der Waals surface area (Å²) in [5.41, 5.74) is 5.63. The van der Waals surface area contributed by atoms with E-state index in [9.17, 15) is 14.4 Å². The van der Waals surface area contributed by atoms with E-state index in [-0.39, 0.29) is 18.1 Å². The third-order valence-electron chi connectivity index (χ3n) is 4.34. The lowest BCUT2D eigenvalue weighted by atomic mass is 10.2. The molecular formula is C20H26N4O4. The van der Waals surface area contributed by atoms with Gasteiger partial charge in [0.05, 0.1) is 7.11 Å². The molecule has 0 atom stereocenters. The van der Waals surface area contributed by atoms with Crippen molar-refractivity contribution in [3.05, 3.63) is 56.7 Å². The maximum Gasteiger partial charge on any atom is 0.330 e. The van der Waals surface area contributed by atoms with Crippen LogP contribution in [0.2, 0.25) is 0 Å². The third kappa shape index (κ3) is 4.70. The first-order valence-electron chi connectivity index (χ1n) is 9.19. The summed E-state index contributed by atoms with van der Waals surface area (Å²) in [6, 6.07) is 7.19. The molecular weight excluding hydrogens is 360 g/mol. The van der Waals surface area contributed by atoms with Crippen LogP contribution in [0.25, 0.3) is 6.08 Å². The second-order valence-electron chi connectivity index (χ2n) is 6.19. The summed E-state index contributed by atoms with van der Waals surface area (Å²) in [7, 11) is 1.58. The van der Waals surface area contributed by atoms with Crippen LogP contribution in [0.3, 0.4) is 0 Å². The van der Waals surface area contributed by atoms with E-state index in [1.165, 1.54) is 15.5 Å². The van der Waals surface area contributed by atoms with Crippen LogP contribution in [0.5, 0.6) is 5.75 Å². The highest BCUT2D eigenvalue weighted by Crippen LogP contribution is 2.18. The van der Waals surface area contributed by atoms with Crippen molar-refractivity contribution >= 4 is 23.5 Å². The Labute approximate surface area is 163 Å². The monoisotopic (exact) mass is 386 g/mol. The number of ether oxygens (including phenoxy) is 1. The van der Waals surface area contributed by atoms with Gasteiger partial charge in [-0.1, -0.05) is 25.5 Å². The van der Waals surface area contributed by atoms with Gasteiger partial charge in [-0.05, 0) is 37.1 Å². The summed E-state index contributed by atoms with van der Waals surface area (Å²) in [6.45, 7) is 4.32.